The SMILES string of the molecule is CC(C)NCC1CCCN1CC1Cc2ccccc2O1. The molecule has 0 saturated carbocycles. The van der Waals surface area contributed by atoms with E-state index in [2.05, 4.69) is 48.3 Å². The van der Waals surface area contributed by atoms with E-state index in [1.807, 2.05) is 0 Å². The number of hydrogen-bond acceptors (Lipinski definition) is 3. The standard InChI is InChI=1S/C17H26N2O/c1-13(2)18-11-15-7-5-9-19(15)12-16-10-14-6-3-4-8-17(14)20-16/h3-4,6,8,13,15-16,18H,5,7,9-12H2,1-2H3. The summed E-state index contributed by atoms with van der Waals surface area (Å²) in [4.78, 5) is 2.62. The molecule has 1 aromatic rings. The average molecular weight is 274 g/mol. The smallest absolute Gasteiger partial charge is 0.123 e. The van der Waals surface area contributed by atoms with Gasteiger partial charge >= 0.3 is 0 Å². The van der Waals surface area contributed by atoms with Crippen molar-refractivity contribution in [3.63, 3.8) is 0 Å². The molecule has 1 fully saturated rings. The maximum absolute atomic E-state index is 6.08. The summed E-state index contributed by atoms with van der Waals surface area (Å²) < 4.78 is 6.08. The van der Waals surface area contributed by atoms with Crippen molar-refractivity contribution in [1.29, 1.82) is 0 Å². The topological polar surface area (TPSA) is 24.5 Å². The van der Waals surface area contributed by atoms with Gasteiger partial charge in [0.2, 0.25) is 0 Å². The first kappa shape index (κ1) is 13.9. The van der Waals surface area contributed by atoms with Crippen LogP contribution in [0.5, 0.6) is 5.75 Å². The molecule has 0 amide bonds. The number of hydrogen-bond donors (Lipinski definition) is 1. The molecule has 0 aliphatic carbocycles. The molecule has 3 nitrogen and oxygen atoms in total. The van der Waals surface area contributed by atoms with E-state index >= 15 is 0 Å². The maximum atomic E-state index is 6.08. The second kappa shape index (κ2) is 6.15. The second-order valence-corrected chi connectivity index (χ2v) is 6.41. The van der Waals surface area contributed by atoms with Gasteiger partial charge in [0.1, 0.15) is 11.9 Å². The zero-order chi connectivity index (χ0) is 13.9. The summed E-state index contributed by atoms with van der Waals surface area (Å²) in [5, 5.41) is 3.58. The highest BCUT2D eigenvalue weighted by Crippen LogP contribution is 2.29. The van der Waals surface area contributed by atoms with Crippen molar-refractivity contribution < 1.29 is 4.74 Å². The fraction of sp³-hybridized carbons (Fsp3) is 0.647. The Labute approximate surface area is 122 Å². The number of benzene rings is 1. The third-order valence-corrected chi connectivity index (χ3v) is 4.41. The first-order chi connectivity index (χ1) is 9.72. The van der Waals surface area contributed by atoms with E-state index in [0.29, 0.717) is 18.2 Å². The van der Waals surface area contributed by atoms with E-state index in [4.69, 9.17) is 4.74 Å². The summed E-state index contributed by atoms with van der Waals surface area (Å²) in [6.45, 7) is 7.84. The Morgan fingerprint density at radius 3 is 3.00 bits per heavy atom. The quantitative estimate of drug-likeness (QED) is 0.892. The molecule has 0 aromatic heterocycles. The van der Waals surface area contributed by atoms with Crippen molar-refractivity contribution in [3.8, 4) is 5.75 Å². The molecule has 20 heavy (non-hydrogen) atoms. The molecule has 2 heterocycles. The highest BCUT2D eigenvalue weighted by Gasteiger charge is 2.30. The summed E-state index contributed by atoms with van der Waals surface area (Å²) in [6, 6.07) is 9.71. The van der Waals surface area contributed by atoms with Crippen LogP contribution in [0.4, 0.5) is 0 Å². The van der Waals surface area contributed by atoms with Gasteiger partial charge in [-0.05, 0) is 31.0 Å². The van der Waals surface area contributed by atoms with Crippen molar-refractivity contribution in [2.75, 3.05) is 19.6 Å². The first-order valence-electron chi connectivity index (χ1n) is 7.94. The molecule has 1 aromatic carbocycles. The molecule has 0 spiro atoms. The predicted octanol–water partition coefficient (Wildman–Crippen LogP) is 2.45. The normalized spacial score (nSPS) is 25.9. The Balaban J connectivity index is 1.53. The van der Waals surface area contributed by atoms with Crippen molar-refractivity contribution in [3.05, 3.63) is 29.8 Å². The number of rotatable bonds is 5. The predicted molar refractivity (Wildman–Crippen MR) is 82.3 cm³/mol. The fourth-order valence-corrected chi connectivity index (χ4v) is 3.36. The van der Waals surface area contributed by atoms with Gasteiger partial charge in [-0.3, -0.25) is 4.90 Å². The molecule has 3 heteroatoms. The van der Waals surface area contributed by atoms with Crippen LogP contribution in [0.3, 0.4) is 0 Å². The van der Waals surface area contributed by atoms with Crippen molar-refractivity contribution >= 4 is 0 Å². The van der Waals surface area contributed by atoms with Crippen LogP contribution in [-0.4, -0.2) is 42.7 Å². The monoisotopic (exact) mass is 274 g/mol. The summed E-state index contributed by atoms with van der Waals surface area (Å²) in [5.41, 5.74) is 1.37. The van der Waals surface area contributed by atoms with Gasteiger partial charge in [-0.25, -0.2) is 0 Å². The van der Waals surface area contributed by atoms with Crippen molar-refractivity contribution in [1.82, 2.24) is 10.2 Å². The molecule has 0 radical (unpaired) electrons. The lowest BCUT2D eigenvalue weighted by Crippen LogP contribution is -2.44. The minimum Gasteiger partial charge on any atom is -0.488 e. The summed E-state index contributed by atoms with van der Waals surface area (Å²) in [6.07, 6.45) is 4.05. The van der Waals surface area contributed by atoms with Crippen LogP contribution in [-0.2, 0) is 6.42 Å². The molecule has 2 aliphatic rings. The Hall–Kier alpha value is -1.06. The third-order valence-electron chi connectivity index (χ3n) is 4.41. The van der Waals surface area contributed by atoms with E-state index in [-0.39, 0.29) is 0 Å². The minimum absolute atomic E-state index is 0.340. The van der Waals surface area contributed by atoms with Gasteiger partial charge in [0.25, 0.3) is 0 Å². The minimum atomic E-state index is 0.340. The van der Waals surface area contributed by atoms with Gasteiger partial charge in [-0.2, -0.15) is 0 Å². The molecule has 2 aliphatic heterocycles. The Morgan fingerprint density at radius 2 is 2.20 bits per heavy atom. The maximum Gasteiger partial charge on any atom is 0.123 e. The largest absolute Gasteiger partial charge is 0.488 e. The third kappa shape index (κ3) is 3.15. The summed E-state index contributed by atoms with van der Waals surface area (Å²) in [5.74, 6) is 1.09. The van der Waals surface area contributed by atoms with Gasteiger partial charge in [0, 0.05) is 31.6 Å². The van der Waals surface area contributed by atoms with Gasteiger partial charge in [0.05, 0.1) is 0 Å². The Bertz CT molecular complexity index is 421. The molecule has 110 valence electrons. The molecule has 2 atom stereocenters. The number of nitrogens with zero attached hydrogens (tertiary/aromatic N) is 1. The van der Waals surface area contributed by atoms with E-state index in [0.717, 1.165) is 25.3 Å². The molecular formula is C17H26N2O. The van der Waals surface area contributed by atoms with Gasteiger partial charge in [-0.15, -0.1) is 0 Å². The number of para-hydroxylation sites is 1. The van der Waals surface area contributed by atoms with Gasteiger partial charge < -0.3 is 10.1 Å². The van der Waals surface area contributed by atoms with E-state index in [1.165, 1.54) is 24.9 Å². The fourth-order valence-electron chi connectivity index (χ4n) is 3.36. The van der Waals surface area contributed by atoms with E-state index in [1.54, 1.807) is 0 Å². The van der Waals surface area contributed by atoms with Crippen molar-refractivity contribution in [2.24, 2.45) is 0 Å². The summed E-state index contributed by atoms with van der Waals surface area (Å²) in [7, 11) is 0. The molecule has 0 bridgehead atoms. The van der Waals surface area contributed by atoms with E-state index < -0.39 is 0 Å². The molecule has 1 N–H and O–H groups in total. The summed E-state index contributed by atoms with van der Waals surface area (Å²) >= 11 is 0. The highest BCUT2D eigenvalue weighted by molar-refractivity contribution is 5.37. The lowest BCUT2D eigenvalue weighted by atomic mass is 10.1. The first-order valence-corrected chi connectivity index (χ1v) is 7.94. The second-order valence-electron chi connectivity index (χ2n) is 6.41. The van der Waals surface area contributed by atoms with Gasteiger partial charge in [0.15, 0.2) is 0 Å². The van der Waals surface area contributed by atoms with Crippen molar-refractivity contribution in [2.45, 2.75) is 51.3 Å². The highest BCUT2D eigenvalue weighted by atomic mass is 16.5. The van der Waals surface area contributed by atoms with Crippen LogP contribution in [0.25, 0.3) is 0 Å². The van der Waals surface area contributed by atoms with Crippen LogP contribution >= 0.6 is 0 Å². The number of ether oxygens (including phenoxy) is 1. The Morgan fingerprint density at radius 1 is 1.35 bits per heavy atom. The number of nitrogens with one attached hydrogen (secondary N) is 1. The van der Waals surface area contributed by atoms with Crippen LogP contribution in [0.2, 0.25) is 0 Å². The average Bonchev–Trinajstić information content (AvgIpc) is 3.02. The Kier molecular flexibility index (Phi) is 4.27. The zero-order valence-corrected chi connectivity index (χ0v) is 12.6. The van der Waals surface area contributed by atoms with E-state index in [9.17, 15) is 0 Å². The number of likely N-dealkylation sites (tertiary alicyclic amines) is 1. The van der Waals surface area contributed by atoms with Crippen LogP contribution < -0.4 is 10.1 Å². The molecule has 3 rings (SSSR count). The van der Waals surface area contributed by atoms with Crippen LogP contribution in [0, 0.1) is 0 Å². The van der Waals surface area contributed by atoms with Crippen LogP contribution in [0.1, 0.15) is 32.3 Å². The van der Waals surface area contributed by atoms with Gasteiger partial charge in [-0.1, -0.05) is 32.0 Å². The molecule has 2 unspecified atom stereocenters. The van der Waals surface area contributed by atoms with Crippen LogP contribution in [0.15, 0.2) is 24.3 Å². The number of fused-ring (bicyclic) bond motifs is 1. The molecular weight excluding hydrogens is 248 g/mol. The lowest BCUT2D eigenvalue weighted by Gasteiger charge is -2.27. The lowest BCUT2D eigenvalue weighted by molar-refractivity contribution is 0.140. The molecule has 1 saturated heterocycles. The zero-order valence-electron chi connectivity index (χ0n) is 12.6.